The molecule has 0 aliphatic heterocycles. The Morgan fingerprint density at radius 1 is 1.25 bits per heavy atom. The molecule has 1 amide bonds. The van der Waals surface area contributed by atoms with Crippen molar-refractivity contribution in [2.75, 3.05) is 7.05 Å². The molecule has 0 bridgehead atoms. The predicted molar refractivity (Wildman–Crippen MR) is 66.0 cm³/mol. The van der Waals surface area contributed by atoms with Gasteiger partial charge in [0.1, 0.15) is 0 Å². The lowest BCUT2D eigenvalue weighted by atomic mass is 10.0. The predicted octanol–water partition coefficient (Wildman–Crippen LogP) is 1.55. The van der Waals surface area contributed by atoms with Gasteiger partial charge < -0.3 is 10.6 Å². The molecule has 0 aromatic heterocycles. The van der Waals surface area contributed by atoms with Crippen molar-refractivity contribution in [3.63, 3.8) is 0 Å². The first-order valence-electron chi connectivity index (χ1n) is 5.64. The molecule has 1 aromatic carbocycles. The summed E-state index contributed by atoms with van der Waals surface area (Å²) in [7, 11) is 1.67. The van der Waals surface area contributed by atoms with Gasteiger partial charge >= 0.3 is 0 Å². The Bertz CT molecular complexity index is 322. The molecule has 16 heavy (non-hydrogen) atoms. The largest absolute Gasteiger partial charge is 0.358 e. The normalized spacial score (nSPS) is 12.5. The Morgan fingerprint density at radius 3 is 2.38 bits per heavy atom. The minimum Gasteiger partial charge on any atom is -0.358 e. The summed E-state index contributed by atoms with van der Waals surface area (Å²) in [6, 6.07) is 9.96. The highest BCUT2D eigenvalue weighted by molar-refractivity contribution is 5.81. The summed E-state index contributed by atoms with van der Waals surface area (Å²) in [6.07, 6.45) is 0. The topological polar surface area (TPSA) is 41.1 Å². The van der Waals surface area contributed by atoms with Gasteiger partial charge in [-0.1, -0.05) is 44.2 Å². The maximum absolute atomic E-state index is 11.6. The van der Waals surface area contributed by atoms with Gasteiger partial charge in [0.05, 0.1) is 6.04 Å². The van der Waals surface area contributed by atoms with Gasteiger partial charge in [0.25, 0.3) is 0 Å². The molecule has 3 heteroatoms. The van der Waals surface area contributed by atoms with Crippen LogP contribution < -0.4 is 10.6 Å². The van der Waals surface area contributed by atoms with E-state index in [0.717, 1.165) is 6.54 Å². The number of amides is 1. The van der Waals surface area contributed by atoms with Crippen molar-refractivity contribution >= 4 is 5.91 Å². The fourth-order valence-electron chi connectivity index (χ4n) is 1.61. The number of nitrogens with one attached hydrogen (secondary N) is 2. The minimum absolute atomic E-state index is 0.0472. The summed E-state index contributed by atoms with van der Waals surface area (Å²) >= 11 is 0. The third-order valence-electron chi connectivity index (χ3n) is 2.56. The van der Waals surface area contributed by atoms with E-state index >= 15 is 0 Å². The molecular weight excluding hydrogens is 200 g/mol. The smallest absolute Gasteiger partial charge is 0.237 e. The van der Waals surface area contributed by atoms with Gasteiger partial charge in [0, 0.05) is 13.6 Å². The van der Waals surface area contributed by atoms with Crippen LogP contribution in [-0.2, 0) is 11.3 Å². The molecule has 0 aliphatic carbocycles. The van der Waals surface area contributed by atoms with E-state index < -0.39 is 0 Å². The summed E-state index contributed by atoms with van der Waals surface area (Å²) in [6.45, 7) is 4.80. The van der Waals surface area contributed by atoms with Crippen LogP contribution >= 0.6 is 0 Å². The highest BCUT2D eigenvalue weighted by atomic mass is 16.2. The number of hydrogen-bond donors (Lipinski definition) is 2. The molecule has 0 saturated heterocycles. The molecule has 88 valence electrons. The van der Waals surface area contributed by atoms with Crippen LogP contribution in [0.5, 0.6) is 0 Å². The van der Waals surface area contributed by atoms with E-state index in [9.17, 15) is 4.79 Å². The minimum atomic E-state index is -0.134. The number of likely N-dealkylation sites (N-methyl/N-ethyl adjacent to an activating group) is 1. The Kier molecular flexibility index (Phi) is 4.99. The van der Waals surface area contributed by atoms with Gasteiger partial charge in [0.2, 0.25) is 5.91 Å². The lowest BCUT2D eigenvalue weighted by Crippen LogP contribution is -2.45. The Morgan fingerprint density at radius 2 is 1.88 bits per heavy atom. The lowest BCUT2D eigenvalue weighted by molar-refractivity contribution is -0.123. The van der Waals surface area contributed by atoms with Crippen molar-refractivity contribution in [3.05, 3.63) is 35.9 Å². The van der Waals surface area contributed by atoms with Crippen molar-refractivity contribution in [1.82, 2.24) is 10.6 Å². The number of rotatable bonds is 5. The van der Waals surface area contributed by atoms with Gasteiger partial charge in [0.15, 0.2) is 0 Å². The van der Waals surface area contributed by atoms with Gasteiger partial charge in [-0.05, 0) is 11.5 Å². The zero-order valence-electron chi connectivity index (χ0n) is 10.2. The molecule has 1 unspecified atom stereocenters. The molecule has 0 heterocycles. The molecular formula is C13H20N2O. The monoisotopic (exact) mass is 220 g/mol. The first kappa shape index (κ1) is 12.7. The van der Waals surface area contributed by atoms with Crippen LogP contribution in [0, 0.1) is 5.92 Å². The zero-order chi connectivity index (χ0) is 12.0. The average molecular weight is 220 g/mol. The van der Waals surface area contributed by atoms with E-state index in [1.165, 1.54) is 5.56 Å². The first-order chi connectivity index (χ1) is 7.65. The molecule has 0 fully saturated rings. The second-order valence-corrected chi connectivity index (χ2v) is 4.20. The van der Waals surface area contributed by atoms with Crippen LogP contribution in [0.3, 0.4) is 0 Å². The molecule has 3 nitrogen and oxygen atoms in total. The van der Waals surface area contributed by atoms with Crippen molar-refractivity contribution in [1.29, 1.82) is 0 Å². The number of carbonyl (C=O) groups excluding carboxylic acids is 1. The van der Waals surface area contributed by atoms with E-state index in [2.05, 4.69) is 10.6 Å². The van der Waals surface area contributed by atoms with E-state index in [1.54, 1.807) is 7.05 Å². The van der Waals surface area contributed by atoms with Crippen molar-refractivity contribution in [2.45, 2.75) is 26.4 Å². The van der Waals surface area contributed by atoms with E-state index in [4.69, 9.17) is 0 Å². The number of carbonyl (C=O) groups is 1. The lowest BCUT2D eigenvalue weighted by Gasteiger charge is -2.20. The zero-order valence-corrected chi connectivity index (χ0v) is 10.2. The van der Waals surface area contributed by atoms with Crippen molar-refractivity contribution in [2.24, 2.45) is 5.92 Å². The Labute approximate surface area is 97.2 Å². The van der Waals surface area contributed by atoms with Crippen LogP contribution in [0.1, 0.15) is 19.4 Å². The van der Waals surface area contributed by atoms with Crippen LogP contribution in [0.15, 0.2) is 30.3 Å². The van der Waals surface area contributed by atoms with Crippen LogP contribution in [-0.4, -0.2) is 19.0 Å². The molecule has 2 N–H and O–H groups in total. The maximum Gasteiger partial charge on any atom is 0.237 e. The van der Waals surface area contributed by atoms with Crippen molar-refractivity contribution in [3.8, 4) is 0 Å². The highest BCUT2D eigenvalue weighted by Crippen LogP contribution is 2.04. The van der Waals surface area contributed by atoms with Gasteiger partial charge in [-0.2, -0.15) is 0 Å². The second-order valence-electron chi connectivity index (χ2n) is 4.20. The highest BCUT2D eigenvalue weighted by Gasteiger charge is 2.19. The molecule has 0 aliphatic rings. The average Bonchev–Trinajstić information content (AvgIpc) is 2.30. The number of benzene rings is 1. The van der Waals surface area contributed by atoms with E-state index in [0.29, 0.717) is 0 Å². The quantitative estimate of drug-likeness (QED) is 0.790. The number of hydrogen-bond acceptors (Lipinski definition) is 2. The third-order valence-corrected chi connectivity index (χ3v) is 2.56. The Balaban J connectivity index is 2.54. The summed E-state index contributed by atoms with van der Waals surface area (Å²) in [5.41, 5.74) is 1.19. The molecule has 1 aromatic rings. The second kappa shape index (κ2) is 6.28. The Hall–Kier alpha value is -1.35. The van der Waals surface area contributed by atoms with Crippen LogP contribution in [0.4, 0.5) is 0 Å². The SMILES string of the molecule is CNC(=O)C(NCc1ccccc1)C(C)C. The third kappa shape index (κ3) is 3.66. The van der Waals surface area contributed by atoms with E-state index in [1.807, 2.05) is 44.2 Å². The molecule has 0 spiro atoms. The molecule has 0 radical (unpaired) electrons. The maximum atomic E-state index is 11.6. The summed E-state index contributed by atoms with van der Waals surface area (Å²) < 4.78 is 0. The van der Waals surface area contributed by atoms with Crippen molar-refractivity contribution < 1.29 is 4.79 Å². The summed E-state index contributed by atoms with van der Waals surface area (Å²) in [4.78, 5) is 11.6. The van der Waals surface area contributed by atoms with E-state index in [-0.39, 0.29) is 17.9 Å². The van der Waals surface area contributed by atoms with Gasteiger partial charge in [-0.15, -0.1) is 0 Å². The first-order valence-corrected chi connectivity index (χ1v) is 5.64. The summed E-state index contributed by atoms with van der Waals surface area (Å²) in [5.74, 6) is 0.328. The molecule has 0 saturated carbocycles. The fraction of sp³-hybridized carbons (Fsp3) is 0.462. The fourth-order valence-corrected chi connectivity index (χ4v) is 1.61. The van der Waals surface area contributed by atoms with Gasteiger partial charge in [-0.25, -0.2) is 0 Å². The van der Waals surface area contributed by atoms with Crippen LogP contribution in [0.2, 0.25) is 0 Å². The summed E-state index contributed by atoms with van der Waals surface area (Å²) in [5, 5.41) is 5.96. The molecule has 1 rings (SSSR count). The molecule has 1 atom stereocenters. The van der Waals surface area contributed by atoms with Gasteiger partial charge in [-0.3, -0.25) is 4.79 Å². The standard InChI is InChI=1S/C13H20N2O/c1-10(2)12(13(16)14-3)15-9-11-7-5-4-6-8-11/h4-8,10,12,15H,9H2,1-3H3,(H,14,16). The van der Waals surface area contributed by atoms with Crippen LogP contribution in [0.25, 0.3) is 0 Å².